The van der Waals surface area contributed by atoms with Gasteiger partial charge in [-0.25, -0.2) is 9.36 Å². The summed E-state index contributed by atoms with van der Waals surface area (Å²) in [5, 5.41) is 9.17. The molecule has 1 aromatic rings. The van der Waals surface area contributed by atoms with Crippen LogP contribution in [0.5, 0.6) is 0 Å². The van der Waals surface area contributed by atoms with Gasteiger partial charge in [-0.1, -0.05) is 0 Å². The number of rotatable bonds is 2. The van der Waals surface area contributed by atoms with Gasteiger partial charge in [-0.3, -0.25) is 14.2 Å². The van der Waals surface area contributed by atoms with Gasteiger partial charge in [0.15, 0.2) is 0 Å². The van der Waals surface area contributed by atoms with Crippen LogP contribution in [0, 0.1) is 11.3 Å². The Balaban J connectivity index is 2.03. The van der Waals surface area contributed by atoms with Crippen molar-refractivity contribution in [3.63, 3.8) is 0 Å². The van der Waals surface area contributed by atoms with E-state index in [9.17, 15) is 14.4 Å². The topological polar surface area (TPSA) is 88.1 Å². The zero-order valence-corrected chi connectivity index (χ0v) is 11.7. The van der Waals surface area contributed by atoms with Crippen molar-refractivity contribution >= 4 is 5.91 Å². The van der Waals surface area contributed by atoms with Crippen LogP contribution >= 0.6 is 0 Å². The summed E-state index contributed by atoms with van der Waals surface area (Å²) in [6.07, 6.45) is 3.21. The van der Waals surface area contributed by atoms with Crippen LogP contribution in [-0.2, 0) is 24.3 Å². The number of fused-ring (bicyclic) bond motifs is 1. The van der Waals surface area contributed by atoms with Gasteiger partial charge in [0, 0.05) is 25.3 Å². The van der Waals surface area contributed by atoms with Crippen molar-refractivity contribution in [2.75, 3.05) is 13.1 Å². The summed E-state index contributed by atoms with van der Waals surface area (Å²) in [6, 6.07) is 1.89. The van der Waals surface area contributed by atoms with E-state index in [0.717, 1.165) is 23.8 Å². The van der Waals surface area contributed by atoms with Gasteiger partial charge in [0.2, 0.25) is 5.91 Å². The number of nitriles is 1. The fraction of sp³-hybridized carbons (Fsp3) is 0.571. The highest BCUT2D eigenvalue weighted by Gasteiger charge is 2.25. The Morgan fingerprint density at radius 1 is 1.14 bits per heavy atom. The molecule has 0 bridgehead atoms. The molecule has 0 aromatic carbocycles. The summed E-state index contributed by atoms with van der Waals surface area (Å²) >= 11 is 0. The van der Waals surface area contributed by atoms with Gasteiger partial charge in [0.25, 0.3) is 5.56 Å². The molecule has 2 aliphatic rings. The summed E-state index contributed by atoms with van der Waals surface area (Å²) in [4.78, 5) is 38.4. The molecular weight excluding hydrogens is 272 g/mol. The largest absolute Gasteiger partial charge is 0.341 e. The Morgan fingerprint density at radius 2 is 1.86 bits per heavy atom. The van der Waals surface area contributed by atoms with Crippen LogP contribution in [0.3, 0.4) is 0 Å². The lowest BCUT2D eigenvalue weighted by Crippen LogP contribution is -2.45. The summed E-state index contributed by atoms with van der Waals surface area (Å²) < 4.78 is 2.37. The van der Waals surface area contributed by atoms with E-state index in [1.807, 2.05) is 6.07 Å². The number of hydrogen-bond acceptors (Lipinski definition) is 4. The van der Waals surface area contributed by atoms with Gasteiger partial charge in [0.1, 0.15) is 18.2 Å². The van der Waals surface area contributed by atoms with Gasteiger partial charge in [-0.15, -0.1) is 0 Å². The van der Waals surface area contributed by atoms with Crippen LogP contribution in [-0.4, -0.2) is 33.0 Å². The van der Waals surface area contributed by atoms with Gasteiger partial charge in [-0.05, 0) is 25.7 Å². The van der Waals surface area contributed by atoms with E-state index in [2.05, 4.69) is 0 Å². The van der Waals surface area contributed by atoms with Gasteiger partial charge in [0.05, 0.1) is 0 Å². The molecule has 7 heteroatoms. The molecule has 21 heavy (non-hydrogen) atoms. The molecular formula is C14H16N4O3. The summed E-state index contributed by atoms with van der Waals surface area (Å²) in [5.74, 6) is -0.228. The molecule has 110 valence electrons. The predicted molar refractivity (Wildman–Crippen MR) is 73.8 cm³/mol. The van der Waals surface area contributed by atoms with Crippen LogP contribution in [0.1, 0.15) is 30.5 Å². The van der Waals surface area contributed by atoms with Crippen LogP contribution in [0.2, 0.25) is 0 Å². The maximum atomic E-state index is 12.3. The lowest BCUT2D eigenvalue weighted by molar-refractivity contribution is -0.130. The molecule has 0 radical (unpaired) electrons. The summed E-state index contributed by atoms with van der Waals surface area (Å²) in [6.45, 7) is 1.57. The Kier molecular flexibility index (Phi) is 3.37. The molecule has 0 aliphatic carbocycles. The quantitative estimate of drug-likeness (QED) is 0.730. The highest BCUT2D eigenvalue weighted by atomic mass is 16.2. The van der Waals surface area contributed by atoms with Crippen molar-refractivity contribution in [1.29, 1.82) is 5.26 Å². The standard InChI is InChI=1S/C14H16N4O3/c15-8-10-11-4-3-7-17(11)14(21)18(13(10)20)9-12(19)16-5-1-2-6-16/h1-7,9H2. The predicted octanol–water partition coefficient (Wildman–Crippen LogP) is -0.550. The number of hydrogen-bond donors (Lipinski definition) is 0. The summed E-state index contributed by atoms with van der Waals surface area (Å²) in [5.41, 5.74) is -0.596. The van der Waals surface area contributed by atoms with Crippen molar-refractivity contribution in [3.8, 4) is 6.07 Å². The van der Waals surface area contributed by atoms with Gasteiger partial charge >= 0.3 is 5.69 Å². The van der Waals surface area contributed by atoms with E-state index in [4.69, 9.17) is 5.26 Å². The lowest BCUT2D eigenvalue weighted by Gasteiger charge is -2.16. The molecule has 0 N–H and O–H groups in total. The number of amides is 1. The van der Waals surface area contributed by atoms with Crippen LogP contribution in [0.15, 0.2) is 9.59 Å². The van der Waals surface area contributed by atoms with Crippen LogP contribution in [0.4, 0.5) is 0 Å². The molecule has 1 saturated heterocycles. The minimum atomic E-state index is -0.636. The van der Waals surface area contributed by atoms with E-state index >= 15 is 0 Å². The third-order valence-electron chi connectivity index (χ3n) is 4.19. The Morgan fingerprint density at radius 3 is 2.52 bits per heavy atom. The summed E-state index contributed by atoms with van der Waals surface area (Å²) in [7, 11) is 0. The number of nitrogens with zero attached hydrogens (tertiary/aromatic N) is 4. The van der Waals surface area contributed by atoms with Crippen molar-refractivity contribution in [3.05, 3.63) is 32.1 Å². The number of aromatic nitrogens is 2. The van der Waals surface area contributed by atoms with E-state index < -0.39 is 11.2 Å². The first-order chi connectivity index (χ1) is 10.1. The van der Waals surface area contributed by atoms with E-state index in [1.165, 1.54) is 4.57 Å². The number of likely N-dealkylation sites (tertiary alicyclic amines) is 1. The molecule has 1 aromatic heterocycles. The average molecular weight is 288 g/mol. The highest BCUT2D eigenvalue weighted by Crippen LogP contribution is 2.13. The van der Waals surface area contributed by atoms with Crippen molar-refractivity contribution in [2.24, 2.45) is 0 Å². The van der Waals surface area contributed by atoms with Crippen molar-refractivity contribution in [1.82, 2.24) is 14.0 Å². The second-order valence-electron chi connectivity index (χ2n) is 5.45. The third-order valence-corrected chi connectivity index (χ3v) is 4.19. The fourth-order valence-electron chi connectivity index (χ4n) is 3.09. The maximum absolute atomic E-state index is 12.3. The molecule has 3 heterocycles. The molecule has 1 amide bonds. The molecule has 3 rings (SSSR count). The molecule has 7 nitrogen and oxygen atoms in total. The Bertz CT molecular complexity index is 747. The first kappa shape index (κ1) is 13.6. The Hall–Kier alpha value is -2.36. The minimum absolute atomic E-state index is 0.00122. The first-order valence-electron chi connectivity index (χ1n) is 7.18. The average Bonchev–Trinajstić information content (AvgIpc) is 3.14. The molecule has 1 fully saturated rings. The molecule has 0 saturated carbocycles. The molecule has 0 spiro atoms. The number of carbonyl (C=O) groups excluding carboxylic acids is 1. The first-order valence-corrected chi connectivity index (χ1v) is 7.18. The van der Waals surface area contributed by atoms with Crippen LogP contribution in [0.25, 0.3) is 0 Å². The second kappa shape index (κ2) is 5.20. The Labute approximate surface area is 121 Å². The molecule has 2 aliphatic heterocycles. The van der Waals surface area contributed by atoms with Gasteiger partial charge < -0.3 is 4.90 Å². The minimum Gasteiger partial charge on any atom is -0.341 e. The van der Waals surface area contributed by atoms with E-state index in [0.29, 0.717) is 31.7 Å². The van der Waals surface area contributed by atoms with Crippen molar-refractivity contribution < 1.29 is 4.79 Å². The fourth-order valence-corrected chi connectivity index (χ4v) is 3.09. The normalized spacial score (nSPS) is 16.8. The zero-order chi connectivity index (χ0) is 15.0. The highest BCUT2D eigenvalue weighted by molar-refractivity contribution is 5.76. The smallest absolute Gasteiger partial charge is 0.331 e. The van der Waals surface area contributed by atoms with Crippen LogP contribution < -0.4 is 11.2 Å². The molecule has 0 atom stereocenters. The van der Waals surface area contributed by atoms with E-state index in [1.54, 1.807) is 4.90 Å². The van der Waals surface area contributed by atoms with Crippen molar-refractivity contribution in [2.45, 2.75) is 38.8 Å². The monoisotopic (exact) mass is 288 g/mol. The SMILES string of the molecule is N#Cc1c2n(c(=O)n(CC(=O)N3CCCC3)c1=O)CCC2. The second-order valence-corrected chi connectivity index (χ2v) is 5.45. The lowest BCUT2D eigenvalue weighted by atomic mass is 10.2. The maximum Gasteiger partial charge on any atom is 0.331 e. The molecule has 0 unspecified atom stereocenters. The van der Waals surface area contributed by atoms with E-state index in [-0.39, 0.29) is 18.0 Å². The third kappa shape index (κ3) is 2.17. The van der Waals surface area contributed by atoms with Gasteiger partial charge in [-0.2, -0.15) is 5.26 Å². The zero-order valence-electron chi connectivity index (χ0n) is 11.7. The number of carbonyl (C=O) groups is 1.